The van der Waals surface area contributed by atoms with E-state index >= 15 is 0 Å². The number of nitrogens with two attached hydrogens (primary N) is 1. The fraction of sp³-hybridized carbons (Fsp3) is 0.111. The highest BCUT2D eigenvalue weighted by Gasteiger charge is 1.98. The highest BCUT2D eigenvalue weighted by atomic mass is 16.5. The first-order valence-electron chi connectivity index (χ1n) is 3.61. The highest BCUT2D eigenvalue weighted by Crippen LogP contribution is 2.02. The Morgan fingerprint density at radius 3 is 2.67 bits per heavy atom. The molecule has 0 fully saturated rings. The summed E-state index contributed by atoms with van der Waals surface area (Å²) in [5.41, 5.74) is 5.89. The van der Waals surface area contributed by atoms with Gasteiger partial charge in [-0.2, -0.15) is 0 Å². The third-order valence-corrected chi connectivity index (χ3v) is 1.29. The predicted molar refractivity (Wildman–Crippen MR) is 45.0 cm³/mol. The van der Waals surface area contributed by atoms with Crippen LogP contribution in [0.4, 0.5) is 0 Å². The second-order valence-electron chi connectivity index (χ2n) is 2.22. The monoisotopic (exact) mass is 164 g/mol. The van der Waals surface area contributed by atoms with Gasteiger partial charge < -0.3 is 10.5 Å². The van der Waals surface area contributed by atoms with E-state index in [0.29, 0.717) is 0 Å². The van der Waals surface area contributed by atoms with Crippen LogP contribution in [0.25, 0.3) is 0 Å². The molecule has 0 aliphatic heterocycles. The van der Waals surface area contributed by atoms with Crippen LogP contribution >= 0.6 is 0 Å². The van der Waals surface area contributed by atoms with Crippen LogP contribution in [0.5, 0.6) is 0 Å². The molecule has 0 saturated carbocycles. The minimum absolute atomic E-state index is 0.0939. The molecule has 0 unspecified atom stereocenters. The van der Waals surface area contributed by atoms with Crippen molar-refractivity contribution in [3.63, 3.8) is 0 Å². The molecule has 0 heterocycles. The third kappa shape index (κ3) is 2.72. The van der Waals surface area contributed by atoms with Crippen molar-refractivity contribution >= 4 is 5.97 Å². The molecular weight excluding hydrogens is 154 g/mol. The molecule has 0 amide bonds. The predicted octanol–water partition coefficient (Wildman–Crippen LogP) is 0.698. The normalized spacial score (nSPS) is 9.42. The molecule has 1 aromatic rings. The van der Waals surface area contributed by atoms with E-state index < -0.39 is 5.97 Å². The number of hydrogen-bond acceptors (Lipinski definition) is 3. The van der Waals surface area contributed by atoms with Crippen LogP contribution in [0.3, 0.4) is 0 Å². The van der Waals surface area contributed by atoms with Crippen molar-refractivity contribution in [2.75, 3.05) is 6.54 Å². The van der Waals surface area contributed by atoms with Crippen molar-refractivity contribution in [3.05, 3.63) is 42.5 Å². The Balaban J connectivity index is 2.38. The third-order valence-electron chi connectivity index (χ3n) is 1.29. The molecule has 0 bridgehead atoms. The molecule has 0 aromatic heterocycles. The SMILES string of the molecule is NCC(=O)O[CH]c1ccccc1. The topological polar surface area (TPSA) is 52.3 Å². The summed E-state index contributed by atoms with van der Waals surface area (Å²) in [5.74, 6) is -0.432. The van der Waals surface area contributed by atoms with Gasteiger partial charge in [0.25, 0.3) is 0 Å². The van der Waals surface area contributed by atoms with Crippen LogP contribution in [-0.4, -0.2) is 12.5 Å². The fourth-order valence-electron chi connectivity index (χ4n) is 0.713. The number of hydrogen-bond donors (Lipinski definition) is 1. The molecule has 1 rings (SSSR count). The lowest BCUT2D eigenvalue weighted by Gasteiger charge is -2.00. The van der Waals surface area contributed by atoms with Gasteiger partial charge in [-0.3, -0.25) is 4.79 Å². The molecule has 2 N–H and O–H groups in total. The van der Waals surface area contributed by atoms with Crippen molar-refractivity contribution < 1.29 is 9.53 Å². The summed E-state index contributed by atoms with van der Waals surface area (Å²) < 4.78 is 4.69. The summed E-state index contributed by atoms with van der Waals surface area (Å²) in [5, 5.41) is 0. The van der Waals surface area contributed by atoms with Crippen LogP contribution in [0.1, 0.15) is 5.56 Å². The Hall–Kier alpha value is -1.35. The van der Waals surface area contributed by atoms with Crippen molar-refractivity contribution in [2.24, 2.45) is 5.73 Å². The minimum Gasteiger partial charge on any atom is -0.452 e. The van der Waals surface area contributed by atoms with E-state index in [1.54, 1.807) is 0 Å². The van der Waals surface area contributed by atoms with E-state index in [1.807, 2.05) is 30.3 Å². The van der Waals surface area contributed by atoms with Crippen LogP contribution in [0, 0.1) is 6.61 Å². The first-order valence-corrected chi connectivity index (χ1v) is 3.61. The molecule has 3 nitrogen and oxygen atoms in total. The Morgan fingerprint density at radius 1 is 1.42 bits per heavy atom. The summed E-state index contributed by atoms with van der Waals surface area (Å²) >= 11 is 0. The molecule has 0 aliphatic rings. The van der Waals surface area contributed by atoms with Gasteiger partial charge in [0.2, 0.25) is 0 Å². The first kappa shape index (κ1) is 8.74. The van der Waals surface area contributed by atoms with Crippen LogP contribution in [0.15, 0.2) is 30.3 Å². The molecule has 0 atom stereocenters. The average molecular weight is 164 g/mol. The van der Waals surface area contributed by atoms with Gasteiger partial charge in [0.05, 0.1) is 6.54 Å². The Labute approximate surface area is 71.1 Å². The van der Waals surface area contributed by atoms with Crippen molar-refractivity contribution in [2.45, 2.75) is 0 Å². The summed E-state index contributed by atoms with van der Waals surface area (Å²) in [6, 6.07) is 9.29. The van der Waals surface area contributed by atoms with Gasteiger partial charge in [0.1, 0.15) is 0 Å². The van der Waals surface area contributed by atoms with E-state index in [4.69, 9.17) is 5.73 Å². The number of ether oxygens (including phenoxy) is 1. The van der Waals surface area contributed by atoms with Gasteiger partial charge in [-0.05, 0) is 5.56 Å². The summed E-state index contributed by atoms with van der Waals surface area (Å²) in [6.45, 7) is 1.29. The van der Waals surface area contributed by atoms with Gasteiger partial charge in [0.15, 0.2) is 6.61 Å². The molecule has 1 aromatic carbocycles. The molecule has 0 spiro atoms. The largest absolute Gasteiger partial charge is 0.452 e. The van der Waals surface area contributed by atoms with Gasteiger partial charge in [-0.1, -0.05) is 30.3 Å². The Bertz CT molecular complexity index is 246. The minimum atomic E-state index is -0.432. The second-order valence-corrected chi connectivity index (χ2v) is 2.22. The van der Waals surface area contributed by atoms with Crippen molar-refractivity contribution in [1.82, 2.24) is 0 Å². The molecular formula is C9H10NO2. The Kier molecular flexibility index (Phi) is 3.29. The van der Waals surface area contributed by atoms with Gasteiger partial charge in [-0.15, -0.1) is 0 Å². The summed E-state index contributed by atoms with van der Waals surface area (Å²) in [6.07, 6.45) is 0. The highest BCUT2D eigenvalue weighted by molar-refractivity contribution is 5.72. The lowest BCUT2D eigenvalue weighted by Crippen LogP contribution is -2.15. The van der Waals surface area contributed by atoms with E-state index in [1.165, 1.54) is 6.61 Å². The lowest BCUT2D eigenvalue weighted by atomic mass is 10.2. The Morgan fingerprint density at radius 2 is 2.08 bits per heavy atom. The van der Waals surface area contributed by atoms with Crippen LogP contribution in [0.2, 0.25) is 0 Å². The smallest absolute Gasteiger partial charge is 0.320 e. The zero-order valence-electron chi connectivity index (χ0n) is 6.57. The molecule has 0 aliphatic carbocycles. The van der Waals surface area contributed by atoms with Gasteiger partial charge >= 0.3 is 5.97 Å². The zero-order chi connectivity index (χ0) is 8.81. The molecule has 1 radical (unpaired) electrons. The standard InChI is InChI=1S/C9H10NO2/c10-6-9(11)12-7-8-4-2-1-3-5-8/h1-5,7H,6,10H2. The van der Waals surface area contributed by atoms with Gasteiger partial charge in [-0.25, -0.2) is 0 Å². The first-order chi connectivity index (χ1) is 5.83. The maximum Gasteiger partial charge on any atom is 0.320 e. The lowest BCUT2D eigenvalue weighted by molar-refractivity contribution is -0.137. The number of rotatable bonds is 3. The fourth-order valence-corrected chi connectivity index (χ4v) is 0.713. The van der Waals surface area contributed by atoms with E-state index in [-0.39, 0.29) is 6.54 Å². The molecule has 3 heteroatoms. The number of carbonyl (C=O) groups is 1. The van der Waals surface area contributed by atoms with Crippen LogP contribution in [-0.2, 0) is 9.53 Å². The second kappa shape index (κ2) is 4.51. The molecule has 0 saturated heterocycles. The van der Waals surface area contributed by atoms with Crippen molar-refractivity contribution in [1.29, 1.82) is 0 Å². The van der Waals surface area contributed by atoms with Crippen LogP contribution < -0.4 is 5.73 Å². The van der Waals surface area contributed by atoms with E-state index in [9.17, 15) is 4.79 Å². The van der Waals surface area contributed by atoms with Crippen molar-refractivity contribution in [3.8, 4) is 0 Å². The summed E-state index contributed by atoms with van der Waals surface area (Å²) in [4.78, 5) is 10.6. The maximum atomic E-state index is 10.6. The molecule has 63 valence electrons. The maximum absolute atomic E-state index is 10.6. The number of esters is 1. The van der Waals surface area contributed by atoms with E-state index in [2.05, 4.69) is 4.74 Å². The zero-order valence-corrected chi connectivity index (χ0v) is 6.57. The quantitative estimate of drug-likeness (QED) is 0.669. The number of carbonyl (C=O) groups excluding carboxylic acids is 1. The number of benzene rings is 1. The molecule has 12 heavy (non-hydrogen) atoms. The summed E-state index contributed by atoms with van der Waals surface area (Å²) in [7, 11) is 0. The van der Waals surface area contributed by atoms with E-state index in [0.717, 1.165) is 5.56 Å². The average Bonchev–Trinajstić information content (AvgIpc) is 2.16. The van der Waals surface area contributed by atoms with Gasteiger partial charge in [0, 0.05) is 0 Å².